The Kier molecular flexibility index (Phi) is 5.83. The summed E-state index contributed by atoms with van der Waals surface area (Å²) in [4.78, 5) is 23.4. The highest BCUT2D eigenvalue weighted by molar-refractivity contribution is 9.10. The van der Waals surface area contributed by atoms with Gasteiger partial charge in [0.1, 0.15) is 5.75 Å². The second-order valence-corrected chi connectivity index (χ2v) is 6.58. The minimum Gasteiger partial charge on any atom is -0.484 e. The lowest BCUT2D eigenvalue weighted by molar-refractivity contribution is -0.151. The van der Waals surface area contributed by atoms with Gasteiger partial charge >= 0.3 is 5.97 Å². The van der Waals surface area contributed by atoms with Gasteiger partial charge in [-0.3, -0.25) is 9.59 Å². The zero-order valence-electron chi connectivity index (χ0n) is 12.3. The standard InChI is InChI=1S/C16H20BrNO4/c17-12-5-4-6-13(9-12)22-10-14(19)18-11-16(15(20)21)7-2-1-3-8-16/h4-6,9H,1-3,7-8,10-11H2,(H,18,19)(H,20,21). The summed E-state index contributed by atoms with van der Waals surface area (Å²) < 4.78 is 6.27. The highest BCUT2D eigenvalue weighted by Crippen LogP contribution is 2.35. The number of benzene rings is 1. The number of aliphatic carboxylic acids is 1. The molecule has 0 bridgehead atoms. The van der Waals surface area contributed by atoms with Gasteiger partial charge in [-0.25, -0.2) is 0 Å². The monoisotopic (exact) mass is 369 g/mol. The largest absolute Gasteiger partial charge is 0.484 e. The van der Waals surface area contributed by atoms with Crippen LogP contribution in [0.25, 0.3) is 0 Å². The van der Waals surface area contributed by atoms with Crippen molar-refractivity contribution in [1.29, 1.82) is 0 Å². The van der Waals surface area contributed by atoms with E-state index in [4.69, 9.17) is 4.74 Å². The van der Waals surface area contributed by atoms with Crippen molar-refractivity contribution in [3.8, 4) is 5.75 Å². The molecule has 0 radical (unpaired) electrons. The normalized spacial score (nSPS) is 16.8. The number of rotatable bonds is 6. The van der Waals surface area contributed by atoms with Crippen LogP contribution in [0.4, 0.5) is 0 Å². The number of halogens is 1. The van der Waals surface area contributed by atoms with Crippen molar-refractivity contribution >= 4 is 27.8 Å². The van der Waals surface area contributed by atoms with Gasteiger partial charge in [0.15, 0.2) is 6.61 Å². The second kappa shape index (κ2) is 7.63. The van der Waals surface area contributed by atoms with Gasteiger partial charge in [-0.15, -0.1) is 0 Å². The van der Waals surface area contributed by atoms with Crippen LogP contribution in [0.5, 0.6) is 5.75 Å². The van der Waals surface area contributed by atoms with Gasteiger partial charge < -0.3 is 15.2 Å². The quantitative estimate of drug-likeness (QED) is 0.807. The number of carboxylic acids is 1. The van der Waals surface area contributed by atoms with E-state index in [-0.39, 0.29) is 19.1 Å². The summed E-state index contributed by atoms with van der Waals surface area (Å²) in [6.45, 7) is 0.0508. The number of hydrogen-bond acceptors (Lipinski definition) is 3. The number of carbonyl (C=O) groups is 2. The highest BCUT2D eigenvalue weighted by Gasteiger charge is 2.39. The lowest BCUT2D eigenvalue weighted by Crippen LogP contribution is -2.45. The van der Waals surface area contributed by atoms with E-state index in [1.54, 1.807) is 12.1 Å². The summed E-state index contributed by atoms with van der Waals surface area (Å²) >= 11 is 3.33. The Balaban J connectivity index is 1.82. The predicted octanol–water partition coefficient (Wildman–Crippen LogP) is 2.98. The van der Waals surface area contributed by atoms with Crippen LogP contribution in [0.2, 0.25) is 0 Å². The maximum atomic E-state index is 11.9. The molecule has 0 heterocycles. The van der Waals surface area contributed by atoms with Crippen molar-refractivity contribution in [2.75, 3.05) is 13.2 Å². The van der Waals surface area contributed by atoms with E-state index in [1.165, 1.54) is 0 Å². The molecule has 1 fully saturated rings. The number of hydrogen-bond donors (Lipinski definition) is 2. The SMILES string of the molecule is O=C(COc1cccc(Br)c1)NCC1(C(=O)O)CCCCC1. The van der Waals surface area contributed by atoms with Crippen LogP contribution in [0, 0.1) is 5.41 Å². The van der Waals surface area contributed by atoms with Crippen LogP contribution in [0.3, 0.4) is 0 Å². The minimum atomic E-state index is -0.819. The maximum Gasteiger partial charge on any atom is 0.311 e. The van der Waals surface area contributed by atoms with Crippen molar-refractivity contribution in [3.05, 3.63) is 28.7 Å². The summed E-state index contributed by atoms with van der Waals surface area (Å²) in [6.07, 6.45) is 4.10. The van der Waals surface area contributed by atoms with Crippen molar-refractivity contribution in [2.24, 2.45) is 5.41 Å². The van der Waals surface area contributed by atoms with Gasteiger partial charge in [-0.2, -0.15) is 0 Å². The Morgan fingerprint density at radius 2 is 2.00 bits per heavy atom. The van der Waals surface area contributed by atoms with Crippen molar-refractivity contribution in [2.45, 2.75) is 32.1 Å². The van der Waals surface area contributed by atoms with Gasteiger partial charge in [0.25, 0.3) is 5.91 Å². The first-order valence-electron chi connectivity index (χ1n) is 7.40. The fraction of sp³-hybridized carbons (Fsp3) is 0.500. The molecule has 0 aromatic heterocycles. The average Bonchev–Trinajstić information content (AvgIpc) is 2.52. The van der Waals surface area contributed by atoms with Gasteiger partial charge in [0, 0.05) is 11.0 Å². The number of carboxylic acid groups (broad SMARTS) is 1. The number of ether oxygens (including phenoxy) is 1. The Morgan fingerprint density at radius 3 is 2.64 bits per heavy atom. The Labute approximate surface area is 138 Å². The van der Waals surface area contributed by atoms with Crippen molar-refractivity contribution in [1.82, 2.24) is 5.32 Å². The molecule has 1 aliphatic carbocycles. The average molecular weight is 370 g/mol. The molecule has 1 aliphatic rings. The Morgan fingerprint density at radius 1 is 1.27 bits per heavy atom. The van der Waals surface area contributed by atoms with E-state index in [1.807, 2.05) is 12.1 Å². The zero-order valence-corrected chi connectivity index (χ0v) is 13.9. The predicted molar refractivity (Wildman–Crippen MR) is 85.8 cm³/mol. The molecular formula is C16H20BrNO4. The molecule has 5 nitrogen and oxygen atoms in total. The fourth-order valence-corrected chi connectivity index (χ4v) is 3.10. The summed E-state index contributed by atoms with van der Waals surface area (Å²) in [6, 6.07) is 7.22. The first kappa shape index (κ1) is 16.8. The second-order valence-electron chi connectivity index (χ2n) is 5.67. The van der Waals surface area contributed by atoms with Gasteiger partial charge in [0.05, 0.1) is 5.41 Å². The Bertz CT molecular complexity index is 541. The fourth-order valence-electron chi connectivity index (χ4n) is 2.72. The van der Waals surface area contributed by atoms with E-state index in [0.29, 0.717) is 18.6 Å². The molecule has 0 atom stereocenters. The molecule has 1 aromatic rings. The third-order valence-corrected chi connectivity index (χ3v) is 4.55. The van der Waals surface area contributed by atoms with Crippen molar-refractivity contribution < 1.29 is 19.4 Å². The molecule has 0 saturated heterocycles. The summed E-state index contributed by atoms with van der Waals surface area (Å²) in [5.74, 6) is -0.526. The lowest BCUT2D eigenvalue weighted by atomic mass is 9.74. The lowest BCUT2D eigenvalue weighted by Gasteiger charge is -2.33. The van der Waals surface area contributed by atoms with Crippen molar-refractivity contribution in [3.63, 3.8) is 0 Å². The summed E-state index contributed by atoms with van der Waals surface area (Å²) in [5.41, 5.74) is -0.816. The summed E-state index contributed by atoms with van der Waals surface area (Å²) in [5, 5.41) is 12.2. The third-order valence-electron chi connectivity index (χ3n) is 4.05. The number of nitrogens with one attached hydrogen (secondary N) is 1. The number of amides is 1. The zero-order chi connectivity index (χ0) is 16.0. The van der Waals surface area contributed by atoms with E-state index < -0.39 is 11.4 Å². The molecule has 1 saturated carbocycles. The first-order chi connectivity index (χ1) is 10.5. The van der Waals surface area contributed by atoms with Crippen LogP contribution in [-0.2, 0) is 9.59 Å². The van der Waals surface area contributed by atoms with E-state index in [9.17, 15) is 14.7 Å². The van der Waals surface area contributed by atoms with E-state index in [2.05, 4.69) is 21.2 Å². The molecule has 120 valence electrons. The molecule has 2 rings (SSSR count). The van der Waals surface area contributed by atoms with Gasteiger partial charge in [-0.1, -0.05) is 41.3 Å². The van der Waals surface area contributed by atoms with E-state index >= 15 is 0 Å². The molecule has 2 N–H and O–H groups in total. The number of carbonyl (C=O) groups excluding carboxylic acids is 1. The maximum absolute atomic E-state index is 11.9. The molecular weight excluding hydrogens is 350 g/mol. The van der Waals surface area contributed by atoms with E-state index in [0.717, 1.165) is 23.7 Å². The first-order valence-corrected chi connectivity index (χ1v) is 8.20. The smallest absolute Gasteiger partial charge is 0.311 e. The van der Waals surface area contributed by atoms with Crippen LogP contribution in [-0.4, -0.2) is 30.1 Å². The topological polar surface area (TPSA) is 75.6 Å². The molecule has 0 unspecified atom stereocenters. The molecule has 0 aliphatic heterocycles. The third kappa shape index (κ3) is 4.47. The Hall–Kier alpha value is -1.56. The summed E-state index contributed by atoms with van der Waals surface area (Å²) in [7, 11) is 0. The molecule has 1 aromatic carbocycles. The molecule has 1 amide bonds. The van der Waals surface area contributed by atoms with Crippen LogP contribution in [0.15, 0.2) is 28.7 Å². The van der Waals surface area contributed by atoms with Crippen LogP contribution < -0.4 is 10.1 Å². The van der Waals surface area contributed by atoms with Crippen LogP contribution >= 0.6 is 15.9 Å². The molecule has 0 spiro atoms. The highest BCUT2D eigenvalue weighted by atomic mass is 79.9. The minimum absolute atomic E-state index is 0.119. The molecule has 22 heavy (non-hydrogen) atoms. The van der Waals surface area contributed by atoms with Crippen LogP contribution in [0.1, 0.15) is 32.1 Å². The molecule has 6 heteroatoms. The van der Waals surface area contributed by atoms with Gasteiger partial charge in [-0.05, 0) is 31.0 Å². The van der Waals surface area contributed by atoms with Gasteiger partial charge in [0.2, 0.25) is 0 Å².